The number of aromatic nitrogens is 1. The van der Waals surface area contributed by atoms with Crippen molar-refractivity contribution >= 4 is 5.82 Å². The van der Waals surface area contributed by atoms with Gasteiger partial charge >= 0.3 is 0 Å². The maximum absolute atomic E-state index is 9.57. The third-order valence-corrected chi connectivity index (χ3v) is 3.09. The molecule has 5 nitrogen and oxygen atoms in total. The van der Waals surface area contributed by atoms with E-state index < -0.39 is 0 Å². The molecular formula is C16H11N3O2. The van der Waals surface area contributed by atoms with Gasteiger partial charge in [-0.25, -0.2) is 4.98 Å². The number of aromatic hydroxyl groups is 1. The molecule has 0 fully saturated rings. The van der Waals surface area contributed by atoms with Crippen molar-refractivity contribution in [2.45, 2.75) is 0 Å². The van der Waals surface area contributed by atoms with Gasteiger partial charge in [0.05, 0.1) is 12.0 Å². The number of benzene rings is 1. The highest BCUT2D eigenvalue weighted by Gasteiger charge is 2.15. The number of hydrogen-bond acceptors (Lipinski definition) is 5. The van der Waals surface area contributed by atoms with Gasteiger partial charge in [-0.2, -0.15) is 5.26 Å². The van der Waals surface area contributed by atoms with Crippen LogP contribution in [-0.2, 0) is 0 Å². The van der Waals surface area contributed by atoms with Crippen molar-refractivity contribution in [3.63, 3.8) is 0 Å². The minimum Gasteiger partial charge on any atom is -0.508 e. The number of nitrogens with two attached hydrogens (primary N) is 1. The second kappa shape index (κ2) is 5.02. The Morgan fingerprint density at radius 3 is 2.71 bits per heavy atom. The molecule has 0 unspecified atom stereocenters. The first-order valence-electron chi connectivity index (χ1n) is 6.23. The van der Waals surface area contributed by atoms with Gasteiger partial charge in [0, 0.05) is 11.1 Å². The van der Waals surface area contributed by atoms with Crippen LogP contribution in [0, 0.1) is 11.3 Å². The number of phenolic OH excluding ortho intramolecular Hbond substituents is 1. The van der Waals surface area contributed by atoms with E-state index in [1.807, 2.05) is 6.07 Å². The summed E-state index contributed by atoms with van der Waals surface area (Å²) < 4.78 is 5.35. The van der Waals surface area contributed by atoms with E-state index in [1.165, 1.54) is 6.26 Å². The smallest absolute Gasteiger partial charge is 0.142 e. The van der Waals surface area contributed by atoms with Gasteiger partial charge in [0.1, 0.15) is 29.0 Å². The van der Waals surface area contributed by atoms with Gasteiger partial charge in [-0.15, -0.1) is 0 Å². The van der Waals surface area contributed by atoms with Crippen LogP contribution in [0.5, 0.6) is 5.75 Å². The van der Waals surface area contributed by atoms with Crippen LogP contribution in [0.25, 0.3) is 22.6 Å². The molecule has 0 atom stereocenters. The molecule has 21 heavy (non-hydrogen) atoms. The Morgan fingerprint density at radius 1 is 1.19 bits per heavy atom. The van der Waals surface area contributed by atoms with Crippen molar-refractivity contribution < 1.29 is 9.52 Å². The Kier molecular flexibility index (Phi) is 3.05. The van der Waals surface area contributed by atoms with Crippen LogP contribution in [0.2, 0.25) is 0 Å². The molecule has 1 aromatic carbocycles. The van der Waals surface area contributed by atoms with Gasteiger partial charge in [0.15, 0.2) is 0 Å². The first-order chi connectivity index (χ1) is 10.2. The molecule has 0 bridgehead atoms. The molecule has 5 heteroatoms. The van der Waals surface area contributed by atoms with Gasteiger partial charge in [-0.3, -0.25) is 0 Å². The molecule has 0 aliphatic carbocycles. The number of nitriles is 1. The third kappa shape index (κ3) is 2.30. The predicted octanol–water partition coefficient (Wildman–Crippen LogP) is 3.17. The molecule has 0 aliphatic rings. The Labute approximate surface area is 120 Å². The fourth-order valence-electron chi connectivity index (χ4n) is 2.12. The van der Waals surface area contributed by atoms with E-state index in [9.17, 15) is 10.4 Å². The van der Waals surface area contributed by atoms with Crippen LogP contribution >= 0.6 is 0 Å². The Bertz CT molecular complexity index is 833. The summed E-state index contributed by atoms with van der Waals surface area (Å²) in [5.41, 5.74) is 8.00. The zero-order valence-corrected chi connectivity index (χ0v) is 10.9. The molecule has 3 rings (SSSR count). The predicted molar refractivity (Wildman–Crippen MR) is 78.2 cm³/mol. The average Bonchev–Trinajstić information content (AvgIpc) is 3.00. The number of hydrogen-bond donors (Lipinski definition) is 2. The molecule has 102 valence electrons. The maximum atomic E-state index is 9.57. The Hall–Kier alpha value is -3.26. The molecule has 0 spiro atoms. The summed E-state index contributed by atoms with van der Waals surface area (Å²) in [5.74, 6) is 0.809. The minimum absolute atomic E-state index is 0.129. The molecule has 0 saturated carbocycles. The summed E-state index contributed by atoms with van der Waals surface area (Å²) in [6.45, 7) is 0. The highest BCUT2D eigenvalue weighted by atomic mass is 16.3. The van der Waals surface area contributed by atoms with Crippen molar-refractivity contribution in [3.8, 4) is 34.4 Å². The topological polar surface area (TPSA) is 96.1 Å². The van der Waals surface area contributed by atoms with E-state index in [0.29, 0.717) is 22.6 Å². The summed E-state index contributed by atoms with van der Waals surface area (Å²) in [7, 11) is 0. The lowest BCUT2D eigenvalue weighted by Gasteiger charge is -2.08. The molecule has 3 aromatic rings. The largest absolute Gasteiger partial charge is 0.508 e. The first kappa shape index (κ1) is 12.8. The molecule has 0 radical (unpaired) electrons. The molecule has 2 heterocycles. The molecular weight excluding hydrogens is 266 g/mol. The minimum atomic E-state index is 0.129. The monoisotopic (exact) mass is 277 g/mol. The average molecular weight is 277 g/mol. The fraction of sp³-hybridized carbons (Fsp3) is 0. The van der Waals surface area contributed by atoms with E-state index in [-0.39, 0.29) is 17.1 Å². The number of pyridine rings is 1. The number of phenols is 1. The zero-order chi connectivity index (χ0) is 14.8. The number of nitrogen functional groups attached to an aromatic ring is 1. The second-order valence-electron chi connectivity index (χ2n) is 4.45. The van der Waals surface area contributed by atoms with Crippen LogP contribution in [0.3, 0.4) is 0 Å². The highest BCUT2D eigenvalue weighted by molar-refractivity contribution is 5.78. The van der Waals surface area contributed by atoms with E-state index in [2.05, 4.69) is 4.98 Å². The quantitative estimate of drug-likeness (QED) is 0.750. The lowest BCUT2D eigenvalue weighted by molar-refractivity contribution is 0.475. The summed E-state index contributed by atoms with van der Waals surface area (Å²) >= 11 is 0. The second-order valence-corrected chi connectivity index (χ2v) is 4.45. The standard InChI is InChI=1S/C16H11N3O2/c17-9-13-12(15-5-2-6-21-15)8-14(19-16(13)18)10-3-1-4-11(20)7-10/h1-8,20H,(H2,18,19). The normalized spacial score (nSPS) is 10.2. The maximum Gasteiger partial charge on any atom is 0.142 e. The van der Waals surface area contributed by atoms with Gasteiger partial charge in [-0.05, 0) is 30.3 Å². The number of anilines is 1. The molecule has 0 saturated heterocycles. The van der Waals surface area contributed by atoms with Crippen LogP contribution in [0.4, 0.5) is 5.82 Å². The SMILES string of the molecule is N#Cc1c(-c2ccco2)cc(-c2cccc(O)c2)nc1N. The zero-order valence-electron chi connectivity index (χ0n) is 10.9. The lowest BCUT2D eigenvalue weighted by Crippen LogP contribution is -1.99. The number of furan rings is 1. The van der Waals surface area contributed by atoms with E-state index in [1.54, 1.807) is 42.5 Å². The van der Waals surface area contributed by atoms with Gasteiger partial charge < -0.3 is 15.3 Å². The van der Waals surface area contributed by atoms with Gasteiger partial charge in [0.25, 0.3) is 0 Å². The van der Waals surface area contributed by atoms with E-state index in [0.717, 1.165) is 0 Å². The van der Waals surface area contributed by atoms with Crippen LogP contribution < -0.4 is 5.73 Å². The lowest BCUT2D eigenvalue weighted by atomic mass is 10.0. The van der Waals surface area contributed by atoms with Gasteiger partial charge in [0.2, 0.25) is 0 Å². The summed E-state index contributed by atoms with van der Waals surface area (Å²) in [6, 6.07) is 13.9. The summed E-state index contributed by atoms with van der Waals surface area (Å²) in [4.78, 5) is 4.23. The summed E-state index contributed by atoms with van der Waals surface area (Å²) in [5, 5.41) is 18.8. The van der Waals surface area contributed by atoms with Crippen molar-refractivity contribution in [2.75, 3.05) is 5.73 Å². The molecule has 0 aliphatic heterocycles. The fourth-order valence-corrected chi connectivity index (χ4v) is 2.12. The van der Waals surface area contributed by atoms with Crippen molar-refractivity contribution in [1.29, 1.82) is 5.26 Å². The van der Waals surface area contributed by atoms with Crippen molar-refractivity contribution in [2.24, 2.45) is 0 Å². The van der Waals surface area contributed by atoms with Crippen LogP contribution in [0.15, 0.2) is 53.1 Å². The van der Waals surface area contributed by atoms with Gasteiger partial charge in [-0.1, -0.05) is 12.1 Å². The van der Waals surface area contributed by atoms with E-state index in [4.69, 9.17) is 10.2 Å². The van der Waals surface area contributed by atoms with Crippen molar-refractivity contribution in [3.05, 3.63) is 54.3 Å². The van der Waals surface area contributed by atoms with Crippen molar-refractivity contribution in [1.82, 2.24) is 4.98 Å². The molecule has 3 N–H and O–H groups in total. The van der Waals surface area contributed by atoms with E-state index >= 15 is 0 Å². The highest BCUT2D eigenvalue weighted by Crippen LogP contribution is 2.32. The van der Waals surface area contributed by atoms with Crippen LogP contribution in [-0.4, -0.2) is 10.1 Å². The molecule has 0 amide bonds. The first-order valence-corrected chi connectivity index (χ1v) is 6.23. The number of nitrogens with zero attached hydrogens (tertiary/aromatic N) is 2. The Balaban J connectivity index is 2.23. The third-order valence-electron chi connectivity index (χ3n) is 3.09. The molecule has 2 aromatic heterocycles. The van der Waals surface area contributed by atoms with Crippen LogP contribution in [0.1, 0.15) is 5.56 Å². The summed E-state index contributed by atoms with van der Waals surface area (Å²) in [6.07, 6.45) is 1.53. The Morgan fingerprint density at radius 2 is 2.05 bits per heavy atom. The number of rotatable bonds is 2.